The number of hydrogen-bond donors (Lipinski definition) is 2. The summed E-state index contributed by atoms with van der Waals surface area (Å²) in [5, 5.41) is 5.64. The highest BCUT2D eigenvalue weighted by Crippen LogP contribution is 2.42. The van der Waals surface area contributed by atoms with E-state index in [0.717, 1.165) is 23.5 Å². The molecule has 0 saturated carbocycles. The lowest BCUT2D eigenvalue weighted by Gasteiger charge is -2.14. The maximum Gasteiger partial charge on any atom is 0.267 e. The minimum atomic E-state index is -0.306. The van der Waals surface area contributed by atoms with Crippen LogP contribution in [0.5, 0.6) is 0 Å². The van der Waals surface area contributed by atoms with Crippen molar-refractivity contribution in [2.75, 3.05) is 23.7 Å². The number of anilines is 2. The number of carbonyl (C=O) groups is 6. The molecule has 2 aliphatic rings. The van der Waals surface area contributed by atoms with Crippen molar-refractivity contribution in [2.24, 2.45) is 0 Å². The van der Waals surface area contributed by atoms with Crippen LogP contribution in [0.25, 0.3) is 0 Å². The predicted molar refractivity (Wildman–Crippen MR) is 198 cm³/mol. The second kappa shape index (κ2) is 17.6. The van der Waals surface area contributed by atoms with Crippen molar-refractivity contribution in [2.45, 2.75) is 65.2 Å². The number of nitrogens with zero attached hydrogens (tertiary/aromatic N) is 2. The molecular formula is C34H36N4O6S4. The summed E-state index contributed by atoms with van der Waals surface area (Å²) in [6, 6.07) is 13.5. The van der Waals surface area contributed by atoms with Crippen LogP contribution in [0.3, 0.4) is 0 Å². The quantitative estimate of drug-likeness (QED) is 0.0832. The Hall–Kier alpha value is -3.72. The maximum absolute atomic E-state index is 13.2. The summed E-state index contributed by atoms with van der Waals surface area (Å²) < 4.78 is 0.778. The third-order valence-electron chi connectivity index (χ3n) is 7.63. The fourth-order valence-corrected chi connectivity index (χ4v) is 7.72. The summed E-state index contributed by atoms with van der Waals surface area (Å²) in [5.74, 6) is -0.943. The molecule has 2 aromatic rings. The number of ketones is 2. The van der Waals surface area contributed by atoms with E-state index in [4.69, 9.17) is 24.4 Å². The lowest BCUT2D eigenvalue weighted by Crippen LogP contribution is -2.31. The number of hydrogen-bond acceptors (Lipinski definition) is 10. The molecule has 2 aliphatic heterocycles. The number of rotatable bonds is 16. The van der Waals surface area contributed by atoms with Crippen molar-refractivity contribution >= 4 is 103 Å². The minimum absolute atomic E-state index is 0.0379. The molecule has 0 unspecified atom stereocenters. The Kier molecular flexibility index (Phi) is 13.6. The summed E-state index contributed by atoms with van der Waals surface area (Å²) in [4.78, 5) is 77.5. The molecule has 4 rings (SSSR count). The Labute approximate surface area is 298 Å². The highest BCUT2D eigenvalue weighted by molar-refractivity contribution is 8.29. The van der Waals surface area contributed by atoms with Gasteiger partial charge in [-0.3, -0.25) is 38.6 Å². The molecule has 0 aliphatic carbocycles. The Balaban J connectivity index is 1.16. The Morgan fingerprint density at radius 3 is 1.27 bits per heavy atom. The van der Waals surface area contributed by atoms with Crippen LogP contribution in [0.4, 0.5) is 11.4 Å². The Bertz CT molecular complexity index is 1530. The molecular weight excluding hydrogens is 689 g/mol. The van der Waals surface area contributed by atoms with Gasteiger partial charge in [0.2, 0.25) is 11.8 Å². The summed E-state index contributed by atoms with van der Waals surface area (Å²) in [5.41, 5.74) is 2.42. The summed E-state index contributed by atoms with van der Waals surface area (Å²) in [6.07, 6.45) is 4.61. The van der Waals surface area contributed by atoms with Gasteiger partial charge < -0.3 is 10.6 Å². The first kappa shape index (κ1) is 37.1. The van der Waals surface area contributed by atoms with E-state index < -0.39 is 0 Å². The van der Waals surface area contributed by atoms with Crippen LogP contribution < -0.4 is 10.6 Å². The molecule has 0 bridgehead atoms. The highest BCUT2D eigenvalue weighted by atomic mass is 32.2. The molecule has 48 heavy (non-hydrogen) atoms. The van der Waals surface area contributed by atoms with Gasteiger partial charge >= 0.3 is 0 Å². The molecule has 252 valence electrons. The van der Waals surface area contributed by atoms with Gasteiger partial charge in [0, 0.05) is 48.4 Å². The van der Waals surface area contributed by atoms with Crippen molar-refractivity contribution in [1.29, 1.82) is 0 Å². The molecule has 0 spiro atoms. The molecule has 10 nitrogen and oxygen atoms in total. The zero-order valence-corrected chi connectivity index (χ0v) is 29.9. The fourth-order valence-electron chi connectivity index (χ4n) is 4.94. The van der Waals surface area contributed by atoms with Crippen LogP contribution in [0, 0.1) is 0 Å². The van der Waals surface area contributed by atoms with Gasteiger partial charge in [-0.25, -0.2) is 0 Å². The van der Waals surface area contributed by atoms with Gasteiger partial charge in [-0.1, -0.05) is 60.8 Å². The number of unbranched alkanes of at least 4 members (excludes halogenated alkanes) is 4. The first-order chi connectivity index (χ1) is 22.9. The third-order valence-corrected chi connectivity index (χ3v) is 10.7. The lowest BCUT2D eigenvalue weighted by atomic mass is 10.1. The first-order valence-electron chi connectivity index (χ1n) is 15.6. The Morgan fingerprint density at radius 1 is 0.583 bits per heavy atom. The van der Waals surface area contributed by atoms with Crippen LogP contribution >= 0.6 is 48.0 Å². The first-order valence-corrected chi connectivity index (χ1v) is 18.0. The van der Waals surface area contributed by atoms with Crippen molar-refractivity contribution in [3.63, 3.8) is 0 Å². The smallest absolute Gasteiger partial charge is 0.267 e. The van der Waals surface area contributed by atoms with E-state index in [1.54, 1.807) is 48.5 Å². The van der Waals surface area contributed by atoms with Gasteiger partial charge in [-0.05, 0) is 88.1 Å². The van der Waals surface area contributed by atoms with Gasteiger partial charge in [0.15, 0.2) is 11.6 Å². The van der Waals surface area contributed by atoms with E-state index in [2.05, 4.69) is 10.6 Å². The van der Waals surface area contributed by atoms with E-state index in [0.29, 0.717) is 105 Å². The number of carbonyl (C=O) groups excluding carboxylic acids is 6. The SMILES string of the molecule is CC(=O)c1ccc(NC(=O)CCCCCN2C(=O)/C(=C3\SC(=S)N(CCCCCC(=O)Nc4ccc(C(C)=O)cc4)C3=O)SC2=S)cc1. The molecule has 0 aromatic heterocycles. The van der Waals surface area contributed by atoms with E-state index in [9.17, 15) is 28.8 Å². The molecule has 0 atom stereocenters. The highest BCUT2D eigenvalue weighted by Gasteiger charge is 2.41. The zero-order valence-electron chi connectivity index (χ0n) is 26.7. The van der Waals surface area contributed by atoms with Crippen LogP contribution in [0.2, 0.25) is 0 Å². The number of amides is 4. The predicted octanol–water partition coefficient (Wildman–Crippen LogP) is 6.72. The number of thioether (sulfide) groups is 2. The summed E-state index contributed by atoms with van der Waals surface area (Å²) in [7, 11) is 0. The van der Waals surface area contributed by atoms with E-state index in [-0.39, 0.29) is 35.2 Å². The molecule has 4 amide bonds. The van der Waals surface area contributed by atoms with Gasteiger partial charge in [0.05, 0.1) is 9.81 Å². The van der Waals surface area contributed by atoms with E-state index in [1.807, 2.05) is 0 Å². The fraction of sp³-hybridized carbons (Fsp3) is 0.353. The lowest BCUT2D eigenvalue weighted by molar-refractivity contribution is -0.124. The van der Waals surface area contributed by atoms with Gasteiger partial charge in [-0.15, -0.1) is 0 Å². The second-order valence-corrected chi connectivity index (χ2v) is 14.6. The molecule has 2 fully saturated rings. The average Bonchev–Trinajstić information content (AvgIpc) is 3.49. The van der Waals surface area contributed by atoms with Crippen LogP contribution in [-0.2, 0) is 19.2 Å². The van der Waals surface area contributed by atoms with Gasteiger partial charge in [0.1, 0.15) is 8.64 Å². The Morgan fingerprint density at radius 2 is 0.938 bits per heavy atom. The van der Waals surface area contributed by atoms with Crippen LogP contribution in [-0.4, -0.2) is 66.7 Å². The van der Waals surface area contributed by atoms with Crippen LogP contribution in [0.15, 0.2) is 58.3 Å². The summed E-state index contributed by atoms with van der Waals surface area (Å²) >= 11 is 13.1. The minimum Gasteiger partial charge on any atom is -0.326 e. The van der Waals surface area contributed by atoms with Crippen molar-refractivity contribution in [3.8, 4) is 0 Å². The largest absolute Gasteiger partial charge is 0.326 e. The molecule has 2 N–H and O–H groups in total. The van der Waals surface area contributed by atoms with E-state index in [1.165, 1.54) is 23.6 Å². The molecule has 14 heteroatoms. The topological polar surface area (TPSA) is 133 Å². The van der Waals surface area contributed by atoms with Gasteiger partial charge in [0.25, 0.3) is 11.8 Å². The maximum atomic E-state index is 13.2. The average molecular weight is 725 g/mol. The van der Waals surface area contributed by atoms with Crippen molar-refractivity contribution < 1.29 is 28.8 Å². The van der Waals surface area contributed by atoms with Crippen molar-refractivity contribution in [3.05, 3.63) is 69.5 Å². The van der Waals surface area contributed by atoms with Crippen LogP contribution in [0.1, 0.15) is 85.9 Å². The second-order valence-electron chi connectivity index (χ2n) is 11.3. The molecule has 2 heterocycles. The standard InChI is InChI=1S/C34H36N4O6S4/c1-21(39)23-11-15-25(16-12-23)35-27(41)9-5-3-7-19-37-31(43)29(47-33(37)45)30-32(44)38(34(46)48-30)20-8-4-6-10-28(42)36-26-17-13-24(14-18-26)22(2)40/h11-18H,3-10,19-20H2,1-2H3,(H,35,41)(H,36,42)/b30-29+. The number of Topliss-reactive ketones (excluding diaryl/α,β-unsaturated/α-hetero) is 2. The van der Waals surface area contributed by atoms with E-state index >= 15 is 0 Å². The number of benzene rings is 2. The molecule has 2 aromatic carbocycles. The van der Waals surface area contributed by atoms with Gasteiger partial charge in [-0.2, -0.15) is 0 Å². The normalized spacial score (nSPS) is 16.1. The monoisotopic (exact) mass is 724 g/mol. The third kappa shape index (κ3) is 10.1. The molecule has 0 radical (unpaired) electrons. The number of nitrogens with one attached hydrogen (secondary N) is 2. The summed E-state index contributed by atoms with van der Waals surface area (Å²) in [6.45, 7) is 3.75. The molecule has 2 saturated heterocycles. The zero-order chi connectivity index (χ0) is 34.8. The number of thiocarbonyl (C=S) groups is 2. The van der Waals surface area contributed by atoms with Crippen molar-refractivity contribution in [1.82, 2.24) is 9.80 Å².